The van der Waals surface area contributed by atoms with Crippen molar-refractivity contribution in [2.75, 3.05) is 45.6 Å². The molecule has 0 amide bonds. The predicted octanol–water partition coefficient (Wildman–Crippen LogP) is 0.840. The quantitative estimate of drug-likeness (QED) is 0.843. The van der Waals surface area contributed by atoms with Gasteiger partial charge in [0.25, 0.3) is 0 Å². The third-order valence-electron chi connectivity index (χ3n) is 3.63. The Labute approximate surface area is 120 Å². The first-order chi connectivity index (χ1) is 9.54. The molecular formula is C13H22N4O2S. The summed E-state index contributed by atoms with van der Waals surface area (Å²) >= 11 is 0. The molecule has 20 heavy (non-hydrogen) atoms. The molecule has 0 unspecified atom stereocenters. The minimum absolute atomic E-state index is 0.237. The van der Waals surface area contributed by atoms with Crippen molar-refractivity contribution in [2.45, 2.75) is 17.7 Å². The molecule has 1 fully saturated rings. The van der Waals surface area contributed by atoms with Gasteiger partial charge in [-0.3, -0.25) is 0 Å². The number of likely N-dealkylation sites (tertiary alicyclic amines) is 1. The molecular weight excluding hydrogens is 276 g/mol. The highest BCUT2D eigenvalue weighted by Gasteiger charge is 2.22. The number of pyridine rings is 1. The van der Waals surface area contributed by atoms with E-state index in [1.165, 1.54) is 23.3 Å². The van der Waals surface area contributed by atoms with E-state index in [0.717, 1.165) is 19.6 Å². The summed E-state index contributed by atoms with van der Waals surface area (Å²) in [7, 11) is -0.0682. The molecule has 0 aliphatic carbocycles. The molecule has 0 aromatic carbocycles. The lowest BCUT2D eigenvalue weighted by molar-refractivity contribution is 0.310. The number of nitrogens with one attached hydrogen (secondary N) is 1. The van der Waals surface area contributed by atoms with Gasteiger partial charge < -0.3 is 10.2 Å². The Hall–Kier alpha value is -1.18. The molecule has 2 rings (SSSR count). The summed E-state index contributed by atoms with van der Waals surface area (Å²) in [5.41, 5.74) is 0. The third-order valence-corrected chi connectivity index (χ3v) is 5.47. The molecule has 1 aromatic heterocycles. The fraction of sp³-hybridized carbons (Fsp3) is 0.615. The molecule has 1 aromatic rings. The Morgan fingerprint density at radius 3 is 2.60 bits per heavy atom. The number of hydrogen-bond acceptors (Lipinski definition) is 5. The van der Waals surface area contributed by atoms with E-state index >= 15 is 0 Å². The Balaban J connectivity index is 2.00. The van der Waals surface area contributed by atoms with Crippen LogP contribution >= 0.6 is 0 Å². The fourth-order valence-corrected chi connectivity index (χ4v) is 3.38. The molecule has 6 nitrogen and oxygen atoms in total. The van der Waals surface area contributed by atoms with Crippen molar-refractivity contribution in [3.8, 4) is 0 Å². The zero-order valence-corrected chi connectivity index (χ0v) is 12.9. The second-order valence-electron chi connectivity index (χ2n) is 5.00. The lowest BCUT2D eigenvalue weighted by Crippen LogP contribution is -2.35. The lowest BCUT2D eigenvalue weighted by atomic mass is 10.4. The number of hydrogen-bond donors (Lipinski definition) is 1. The van der Waals surface area contributed by atoms with Crippen LogP contribution in [0.4, 0.5) is 5.82 Å². The molecule has 0 radical (unpaired) electrons. The second-order valence-corrected chi connectivity index (χ2v) is 7.05. The van der Waals surface area contributed by atoms with E-state index < -0.39 is 10.0 Å². The summed E-state index contributed by atoms with van der Waals surface area (Å²) in [6.07, 6.45) is 3.82. The van der Waals surface area contributed by atoms with Crippen LogP contribution in [0.25, 0.3) is 0 Å². The van der Waals surface area contributed by atoms with Gasteiger partial charge in [0.2, 0.25) is 10.0 Å². The molecule has 1 aliphatic heterocycles. The summed E-state index contributed by atoms with van der Waals surface area (Å²) in [4.78, 5) is 6.59. The predicted molar refractivity (Wildman–Crippen MR) is 79.3 cm³/mol. The number of nitrogens with zero attached hydrogens (tertiary/aromatic N) is 3. The van der Waals surface area contributed by atoms with E-state index in [9.17, 15) is 8.42 Å². The maximum Gasteiger partial charge on any atom is 0.244 e. The van der Waals surface area contributed by atoms with Crippen molar-refractivity contribution >= 4 is 15.8 Å². The van der Waals surface area contributed by atoms with Crippen LogP contribution in [-0.4, -0.2) is 62.9 Å². The molecule has 2 heterocycles. The normalized spacial score (nSPS) is 16.8. The number of sulfonamides is 1. The Morgan fingerprint density at radius 1 is 1.35 bits per heavy atom. The number of anilines is 1. The Morgan fingerprint density at radius 2 is 2.05 bits per heavy atom. The van der Waals surface area contributed by atoms with Gasteiger partial charge in [0.1, 0.15) is 10.7 Å². The summed E-state index contributed by atoms with van der Waals surface area (Å²) < 4.78 is 26.2. The van der Waals surface area contributed by atoms with Gasteiger partial charge in [0.15, 0.2) is 0 Å². The molecule has 0 spiro atoms. The van der Waals surface area contributed by atoms with Crippen molar-refractivity contribution in [3.05, 3.63) is 18.3 Å². The summed E-state index contributed by atoms with van der Waals surface area (Å²) in [6.45, 7) is 3.45. The van der Waals surface area contributed by atoms with Gasteiger partial charge in [0.05, 0.1) is 0 Å². The van der Waals surface area contributed by atoms with Gasteiger partial charge in [-0.1, -0.05) is 0 Å². The maximum atomic E-state index is 12.4. The van der Waals surface area contributed by atoms with Crippen LogP contribution in [0.5, 0.6) is 0 Å². The summed E-state index contributed by atoms with van der Waals surface area (Å²) in [5, 5.41) is 2.87. The molecule has 0 bridgehead atoms. The Kier molecular flexibility index (Phi) is 4.95. The van der Waals surface area contributed by atoms with E-state index in [1.807, 2.05) is 0 Å². The number of likely N-dealkylation sites (N-methyl/N-ethyl adjacent to an activating group) is 1. The number of rotatable bonds is 6. The Bertz CT molecular complexity index is 524. The molecule has 1 saturated heterocycles. The molecule has 0 saturated carbocycles. The van der Waals surface area contributed by atoms with Gasteiger partial charge in [0, 0.05) is 33.4 Å². The van der Waals surface area contributed by atoms with Gasteiger partial charge in [-0.15, -0.1) is 0 Å². The van der Waals surface area contributed by atoms with E-state index in [-0.39, 0.29) is 4.90 Å². The standard InChI is InChI=1S/C13H22N4O2S/c1-14-13-6-5-12(11-15-13)20(18,19)16(2)9-10-17-7-3-4-8-17/h5-6,11H,3-4,7-10H2,1-2H3,(H,14,15). The SMILES string of the molecule is CNc1ccc(S(=O)(=O)N(C)CCN2CCCC2)cn1. The van der Waals surface area contributed by atoms with Gasteiger partial charge in [-0.2, -0.15) is 4.31 Å². The zero-order valence-electron chi connectivity index (χ0n) is 12.0. The van der Waals surface area contributed by atoms with E-state index in [1.54, 1.807) is 26.2 Å². The second kappa shape index (κ2) is 6.51. The van der Waals surface area contributed by atoms with Crippen LogP contribution in [0.15, 0.2) is 23.2 Å². The molecule has 1 N–H and O–H groups in total. The minimum atomic E-state index is -3.44. The average molecular weight is 298 g/mol. The first-order valence-corrected chi connectivity index (χ1v) is 8.30. The van der Waals surface area contributed by atoms with Crippen molar-refractivity contribution in [2.24, 2.45) is 0 Å². The zero-order chi connectivity index (χ0) is 14.6. The van der Waals surface area contributed by atoms with Crippen molar-refractivity contribution < 1.29 is 8.42 Å². The fourth-order valence-electron chi connectivity index (χ4n) is 2.27. The van der Waals surface area contributed by atoms with Gasteiger partial charge in [-0.05, 0) is 38.1 Å². The van der Waals surface area contributed by atoms with Crippen LogP contribution < -0.4 is 5.32 Å². The van der Waals surface area contributed by atoms with Crippen molar-refractivity contribution in [3.63, 3.8) is 0 Å². The molecule has 7 heteroatoms. The van der Waals surface area contributed by atoms with Crippen LogP contribution in [0.2, 0.25) is 0 Å². The van der Waals surface area contributed by atoms with Crippen LogP contribution in [0.3, 0.4) is 0 Å². The van der Waals surface area contributed by atoms with Crippen LogP contribution in [0, 0.1) is 0 Å². The maximum absolute atomic E-state index is 12.4. The highest BCUT2D eigenvalue weighted by molar-refractivity contribution is 7.89. The monoisotopic (exact) mass is 298 g/mol. The molecule has 0 atom stereocenters. The van der Waals surface area contributed by atoms with Gasteiger partial charge in [-0.25, -0.2) is 13.4 Å². The number of aromatic nitrogens is 1. The van der Waals surface area contributed by atoms with Crippen molar-refractivity contribution in [1.82, 2.24) is 14.2 Å². The summed E-state index contributed by atoms with van der Waals surface area (Å²) in [6, 6.07) is 3.25. The highest BCUT2D eigenvalue weighted by Crippen LogP contribution is 2.15. The summed E-state index contributed by atoms with van der Waals surface area (Å²) in [5.74, 6) is 0.656. The van der Waals surface area contributed by atoms with Crippen molar-refractivity contribution in [1.29, 1.82) is 0 Å². The molecule has 112 valence electrons. The van der Waals surface area contributed by atoms with Gasteiger partial charge >= 0.3 is 0 Å². The smallest absolute Gasteiger partial charge is 0.244 e. The largest absolute Gasteiger partial charge is 0.373 e. The van der Waals surface area contributed by atoms with Crippen LogP contribution in [-0.2, 0) is 10.0 Å². The molecule has 1 aliphatic rings. The first kappa shape index (κ1) is 15.2. The first-order valence-electron chi connectivity index (χ1n) is 6.86. The topological polar surface area (TPSA) is 65.5 Å². The average Bonchev–Trinajstić information content (AvgIpc) is 2.98. The van der Waals surface area contributed by atoms with E-state index in [0.29, 0.717) is 12.4 Å². The minimum Gasteiger partial charge on any atom is -0.373 e. The lowest BCUT2D eigenvalue weighted by Gasteiger charge is -2.21. The van der Waals surface area contributed by atoms with E-state index in [4.69, 9.17) is 0 Å². The van der Waals surface area contributed by atoms with Crippen LogP contribution in [0.1, 0.15) is 12.8 Å². The highest BCUT2D eigenvalue weighted by atomic mass is 32.2. The third kappa shape index (κ3) is 3.47. The van der Waals surface area contributed by atoms with E-state index in [2.05, 4.69) is 15.2 Å².